The third-order valence-electron chi connectivity index (χ3n) is 4.52. The van der Waals surface area contributed by atoms with Crippen LogP contribution in [0.4, 0.5) is 0 Å². The van der Waals surface area contributed by atoms with E-state index in [0.29, 0.717) is 46.1 Å². The summed E-state index contributed by atoms with van der Waals surface area (Å²) in [5.74, 6) is -0.237. The lowest BCUT2D eigenvalue weighted by molar-refractivity contribution is -0.132. The highest BCUT2D eigenvalue weighted by Crippen LogP contribution is 2.35. The average Bonchev–Trinajstić information content (AvgIpc) is 2.65. The molecule has 3 unspecified atom stereocenters. The number of ether oxygens (including phenoxy) is 5. The molecule has 1 N–H and O–H groups in total. The largest absolute Gasteiger partial charge is 0.499 e. The van der Waals surface area contributed by atoms with Crippen molar-refractivity contribution in [3.8, 4) is 0 Å². The molecule has 3 rings (SSSR count). The number of fused-ring (bicyclic) bond motifs is 2. The first-order chi connectivity index (χ1) is 13.1. The molecule has 7 heteroatoms. The van der Waals surface area contributed by atoms with Crippen LogP contribution >= 0.6 is 0 Å². The van der Waals surface area contributed by atoms with Crippen LogP contribution in [0.3, 0.4) is 0 Å². The van der Waals surface area contributed by atoms with Gasteiger partial charge in [0.05, 0.1) is 44.9 Å². The molecule has 0 bridgehead atoms. The quantitative estimate of drug-likeness (QED) is 0.749. The molecule has 0 aromatic heterocycles. The number of hydrogen-bond acceptors (Lipinski definition) is 6. The molecule has 0 aromatic carbocycles. The molecular weight excluding hydrogens is 352 g/mol. The normalized spacial score (nSPS) is 33.1. The van der Waals surface area contributed by atoms with Gasteiger partial charge < -0.3 is 28.8 Å². The van der Waals surface area contributed by atoms with E-state index in [1.54, 1.807) is 12.2 Å². The Morgan fingerprint density at radius 3 is 2.78 bits per heavy atom. The second-order valence-electron chi connectivity index (χ2n) is 6.69. The number of rotatable bonds is 1. The fourth-order valence-corrected chi connectivity index (χ4v) is 3.17. The van der Waals surface area contributed by atoms with E-state index in [-0.39, 0.29) is 23.7 Å². The summed E-state index contributed by atoms with van der Waals surface area (Å²) in [5, 5.41) is 9.54. The van der Waals surface area contributed by atoms with Crippen molar-refractivity contribution in [3.63, 3.8) is 0 Å². The van der Waals surface area contributed by atoms with E-state index in [9.17, 15) is 9.90 Å². The van der Waals surface area contributed by atoms with Crippen LogP contribution in [0.25, 0.3) is 0 Å². The van der Waals surface area contributed by atoms with Gasteiger partial charge in [0.15, 0.2) is 0 Å². The molecule has 2 aliphatic heterocycles. The SMILES string of the molecule is CC1COC2CC3COCCOCCO/C=C\C=C(\C(=O)O)C=C3C=C2O1. The van der Waals surface area contributed by atoms with E-state index >= 15 is 0 Å². The molecule has 1 fully saturated rings. The Bertz CT molecular complexity index is 647. The fourth-order valence-electron chi connectivity index (χ4n) is 3.17. The minimum Gasteiger partial charge on any atom is -0.499 e. The molecule has 3 aliphatic rings. The summed E-state index contributed by atoms with van der Waals surface area (Å²) in [7, 11) is 0. The van der Waals surface area contributed by atoms with Gasteiger partial charge in [-0.05, 0) is 43.2 Å². The molecule has 1 saturated heterocycles. The topological polar surface area (TPSA) is 83.5 Å². The van der Waals surface area contributed by atoms with E-state index in [1.807, 2.05) is 13.0 Å². The highest BCUT2D eigenvalue weighted by molar-refractivity contribution is 5.90. The second-order valence-corrected chi connectivity index (χ2v) is 6.69. The molecule has 3 atom stereocenters. The van der Waals surface area contributed by atoms with Gasteiger partial charge in [0.2, 0.25) is 0 Å². The van der Waals surface area contributed by atoms with Gasteiger partial charge in [-0.3, -0.25) is 0 Å². The Morgan fingerprint density at radius 1 is 1.11 bits per heavy atom. The van der Waals surface area contributed by atoms with Gasteiger partial charge in [-0.2, -0.15) is 0 Å². The second kappa shape index (κ2) is 9.73. The molecule has 148 valence electrons. The van der Waals surface area contributed by atoms with E-state index in [2.05, 4.69) is 0 Å². The molecular formula is C20H26O7. The zero-order chi connectivity index (χ0) is 19.1. The maximum Gasteiger partial charge on any atom is 0.335 e. The van der Waals surface area contributed by atoms with Gasteiger partial charge in [-0.1, -0.05) is 0 Å². The van der Waals surface area contributed by atoms with Crippen molar-refractivity contribution >= 4 is 5.97 Å². The molecule has 27 heavy (non-hydrogen) atoms. The van der Waals surface area contributed by atoms with Crippen LogP contribution in [0.1, 0.15) is 13.3 Å². The van der Waals surface area contributed by atoms with Crippen LogP contribution in [0.15, 0.2) is 47.5 Å². The standard InChI is InChI=1S/C20H26O7/c1-14-12-26-18-11-17-13-25-8-7-24-6-5-23-4-2-3-15(20(21)22)9-16(17)10-19(18)27-14/h2-4,9-10,14,17-18H,5-8,11-13H2,1H3,(H,21,22)/b4-2-,15-3+,16-9?. The molecule has 7 nitrogen and oxygen atoms in total. The third-order valence-corrected chi connectivity index (χ3v) is 4.52. The summed E-state index contributed by atoms with van der Waals surface area (Å²) >= 11 is 0. The van der Waals surface area contributed by atoms with Gasteiger partial charge in [0, 0.05) is 5.92 Å². The molecule has 0 saturated carbocycles. The van der Waals surface area contributed by atoms with Crippen LogP contribution in [0.5, 0.6) is 0 Å². The zero-order valence-corrected chi connectivity index (χ0v) is 15.5. The van der Waals surface area contributed by atoms with Crippen LogP contribution in [0.2, 0.25) is 0 Å². The van der Waals surface area contributed by atoms with Gasteiger partial charge in [-0.25, -0.2) is 4.79 Å². The maximum atomic E-state index is 11.6. The van der Waals surface area contributed by atoms with Crippen molar-refractivity contribution in [1.82, 2.24) is 0 Å². The first-order valence-corrected chi connectivity index (χ1v) is 9.22. The van der Waals surface area contributed by atoms with Crippen LogP contribution in [-0.4, -0.2) is 62.9 Å². The van der Waals surface area contributed by atoms with Gasteiger partial charge in [-0.15, -0.1) is 0 Å². The van der Waals surface area contributed by atoms with Crippen LogP contribution in [-0.2, 0) is 28.5 Å². The molecule has 2 heterocycles. The van der Waals surface area contributed by atoms with Crippen molar-refractivity contribution in [3.05, 3.63) is 47.5 Å². The highest BCUT2D eigenvalue weighted by Gasteiger charge is 2.33. The van der Waals surface area contributed by atoms with Crippen molar-refractivity contribution in [1.29, 1.82) is 0 Å². The monoisotopic (exact) mass is 378 g/mol. The van der Waals surface area contributed by atoms with Crippen molar-refractivity contribution in [2.75, 3.05) is 39.6 Å². The van der Waals surface area contributed by atoms with Crippen molar-refractivity contribution in [2.45, 2.75) is 25.6 Å². The smallest absolute Gasteiger partial charge is 0.335 e. The van der Waals surface area contributed by atoms with Gasteiger partial charge in [0.25, 0.3) is 0 Å². The Balaban J connectivity index is 1.89. The molecule has 1 aliphatic carbocycles. The predicted molar refractivity (Wildman–Crippen MR) is 97.0 cm³/mol. The molecule has 0 amide bonds. The molecule has 0 spiro atoms. The first kappa shape index (κ1) is 19.7. The lowest BCUT2D eigenvalue weighted by Crippen LogP contribution is -2.37. The summed E-state index contributed by atoms with van der Waals surface area (Å²) in [4.78, 5) is 11.6. The number of carboxylic acid groups (broad SMARTS) is 1. The summed E-state index contributed by atoms with van der Waals surface area (Å²) in [5.41, 5.74) is 1.03. The maximum absolute atomic E-state index is 11.6. The Labute approximate surface area is 158 Å². The number of aliphatic carboxylic acids is 1. The molecule has 0 radical (unpaired) electrons. The Morgan fingerprint density at radius 2 is 1.93 bits per heavy atom. The van der Waals surface area contributed by atoms with E-state index in [1.165, 1.54) is 12.3 Å². The van der Waals surface area contributed by atoms with E-state index < -0.39 is 5.97 Å². The lowest BCUT2D eigenvalue weighted by Gasteiger charge is -2.37. The molecule has 0 aromatic rings. The minimum atomic E-state index is -1.01. The number of allylic oxidation sites excluding steroid dienone is 3. The van der Waals surface area contributed by atoms with E-state index in [0.717, 1.165) is 11.3 Å². The van der Waals surface area contributed by atoms with Crippen molar-refractivity contribution < 1.29 is 33.6 Å². The Kier molecular flexibility index (Phi) is 7.09. The Hall–Kier alpha value is -2.09. The number of hydrogen-bond donors (Lipinski definition) is 1. The van der Waals surface area contributed by atoms with E-state index in [4.69, 9.17) is 23.7 Å². The minimum absolute atomic E-state index is 0.0175. The highest BCUT2D eigenvalue weighted by atomic mass is 16.6. The fraction of sp³-hybridized carbons (Fsp3) is 0.550. The summed E-state index contributed by atoms with van der Waals surface area (Å²) in [6.45, 7) is 4.77. The first-order valence-electron chi connectivity index (χ1n) is 9.22. The zero-order valence-electron chi connectivity index (χ0n) is 15.5. The van der Waals surface area contributed by atoms with Gasteiger partial charge >= 0.3 is 5.97 Å². The van der Waals surface area contributed by atoms with Crippen molar-refractivity contribution in [2.24, 2.45) is 5.92 Å². The summed E-state index contributed by atoms with van der Waals surface area (Å²) in [6, 6.07) is 0. The lowest BCUT2D eigenvalue weighted by atomic mass is 9.85. The third kappa shape index (κ3) is 5.69. The number of carboxylic acids is 1. The van der Waals surface area contributed by atoms with Crippen LogP contribution < -0.4 is 0 Å². The summed E-state index contributed by atoms with van der Waals surface area (Å²) in [6.07, 6.45) is 8.67. The van der Waals surface area contributed by atoms with Gasteiger partial charge in [0.1, 0.15) is 24.6 Å². The average molecular weight is 378 g/mol. The number of carbonyl (C=O) groups is 1. The summed E-state index contributed by atoms with van der Waals surface area (Å²) < 4.78 is 28.3. The van der Waals surface area contributed by atoms with Crippen LogP contribution in [0, 0.1) is 5.92 Å². The predicted octanol–water partition coefficient (Wildman–Crippen LogP) is 2.21.